The van der Waals surface area contributed by atoms with Crippen LogP contribution in [-0.4, -0.2) is 35.7 Å². The van der Waals surface area contributed by atoms with Gasteiger partial charge in [0, 0.05) is 13.1 Å². The number of aliphatic hydroxyl groups is 1. The Morgan fingerprint density at radius 2 is 2.18 bits per heavy atom. The lowest BCUT2D eigenvalue weighted by Crippen LogP contribution is -2.32. The molecule has 1 atom stereocenters. The number of hydrogen-bond acceptors (Lipinski definition) is 2. The molecule has 2 nitrogen and oxygen atoms in total. The van der Waals surface area contributed by atoms with Crippen molar-refractivity contribution in [2.24, 2.45) is 0 Å². The van der Waals surface area contributed by atoms with Crippen molar-refractivity contribution < 1.29 is 5.11 Å². The van der Waals surface area contributed by atoms with E-state index < -0.39 is 0 Å². The van der Waals surface area contributed by atoms with Crippen LogP contribution in [0, 0.1) is 0 Å². The van der Waals surface area contributed by atoms with Gasteiger partial charge in [0.2, 0.25) is 0 Å². The summed E-state index contributed by atoms with van der Waals surface area (Å²) in [6, 6.07) is 0. The SMILES string of the molecule is C=C(C)CN(CC)CC(C)O. The Morgan fingerprint density at radius 1 is 1.64 bits per heavy atom. The fraction of sp³-hybridized carbons (Fsp3) is 0.778. The first kappa shape index (κ1) is 10.7. The molecule has 0 amide bonds. The smallest absolute Gasteiger partial charge is 0.0639 e. The Morgan fingerprint density at radius 3 is 2.45 bits per heavy atom. The Hall–Kier alpha value is -0.340. The van der Waals surface area contributed by atoms with Crippen molar-refractivity contribution in [2.45, 2.75) is 26.9 Å². The fourth-order valence-corrected chi connectivity index (χ4v) is 1.06. The quantitative estimate of drug-likeness (QED) is 0.607. The molecule has 1 N–H and O–H groups in total. The van der Waals surface area contributed by atoms with Gasteiger partial charge in [-0.25, -0.2) is 0 Å². The Balaban J connectivity index is 3.66. The third-order valence-electron chi connectivity index (χ3n) is 1.46. The topological polar surface area (TPSA) is 23.5 Å². The Kier molecular flexibility index (Phi) is 5.16. The van der Waals surface area contributed by atoms with Crippen molar-refractivity contribution in [1.29, 1.82) is 0 Å². The van der Waals surface area contributed by atoms with E-state index in [1.807, 2.05) is 6.92 Å². The van der Waals surface area contributed by atoms with Gasteiger partial charge in [-0.15, -0.1) is 0 Å². The van der Waals surface area contributed by atoms with Gasteiger partial charge < -0.3 is 5.11 Å². The predicted octanol–water partition coefficient (Wildman–Crippen LogP) is 1.27. The van der Waals surface area contributed by atoms with Gasteiger partial charge in [-0.05, 0) is 20.4 Å². The van der Waals surface area contributed by atoms with Gasteiger partial charge in [-0.1, -0.05) is 19.1 Å². The highest BCUT2D eigenvalue weighted by Crippen LogP contribution is 1.96. The summed E-state index contributed by atoms with van der Waals surface area (Å²) in [5.74, 6) is 0. The summed E-state index contributed by atoms with van der Waals surface area (Å²) in [5.41, 5.74) is 1.15. The van der Waals surface area contributed by atoms with Crippen LogP contribution in [0.15, 0.2) is 12.2 Å². The molecule has 0 saturated heterocycles. The van der Waals surface area contributed by atoms with E-state index >= 15 is 0 Å². The Labute approximate surface area is 69.5 Å². The molecule has 0 aliphatic rings. The molecule has 0 rings (SSSR count). The minimum absolute atomic E-state index is 0.241. The molecule has 0 bridgehead atoms. The maximum atomic E-state index is 9.10. The molecule has 0 aromatic heterocycles. The lowest BCUT2D eigenvalue weighted by Gasteiger charge is -2.21. The zero-order valence-electron chi connectivity index (χ0n) is 7.80. The highest BCUT2D eigenvalue weighted by Gasteiger charge is 2.04. The van der Waals surface area contributed by atoms with E-state index in [1.54, 1.807) is 6.92 Å². The molecule has 66 valence electrons. The van der Waals surface area contributed by atoms with E-state index in [9.17, 15) is 0 Å². The molecule has 0 radical (unpaired) electrons. The fourth-order valence-electron chi connectivity index (χ4n) is 1.06. The lowest BCUT2D eigenvalue weighted by molar-refractivity contribution is 0.135. The average Bonchev–Trinajstić information content (AvgIpc) is 1.84. The second kappa shape index (κ2) is 5.33. The number of rotatable bonds is 5. The number of nitrogens with zero attached hydrogens (tertiary/aromatic N) is 1. The molecule has 0 aliphatic heterocycles. The van der Waals surface area contributed by atoms with Crippen LogP contribution in [0.3, 0.4) is 0 Å². The number of aliphatic hydroxyl groups excluding tert-OH is 1. The summed E-state index contributed by atoms with van der Waals surface area (Å²) in [6.07, 6.45) is -0.241. The van der Waals surface area contributed by atoms with E-state index in [0.29, 0.717) is 0 Å². The molecule has 0 aromatic carbocycles. The molecule has 0 fully saturated rings. The average molecular weight is 157 g/mol. The van der Waals surface area contributed by atoms with Gasteiger partial charge >= 0.3 is 0 Å². The van der Waals surface area contributed by atoms with Crippen LogP contribution in [-0.2, 0) is 0 Å². The molecule has 2 heteroatoms. The van der Waals surface area contributed by atoms with Crippen molar-refractivity contribution in [2.75, 3.05) is 19.6 Å². The van der Waals surface area contributed by atoms with Gasteiger partial charge in [0.15, 0.2) is 0 Å². The second-order valence-corrected chi connectivity index (χ2v) is 3.13. The van der Waals surface area contributed by atoms with Crippen molar-refractivity contribution in [3.63, 3.8) is 0 Å². The third kappa shape index (κ3) is 6.07. The molecule has 1 unspecified atom stereocenters. The third-order valence-corrected chi connectivity index (χ3v) is 1.46. The number of likely N-dealkylation sites (N-methyl/N-ethyl adjacent to an activating group) is 1. The lowest BCUT2D eigenvalue weighted by atomic mass is 10.3. The van der Waals surface area contributed by atoms with Crippen LogP contribution in [0.4, 0.5) is 0 Å². The Bertz CT molecular complexity index is 121. The highest BCUT2D eigenvalue weighted by atomic mass is 16.3. The molecule has 0 aliphatic carbocycles. The van der Waals surface area contributed by atoms with Crippen LogP contribution < -0.4 is 0 Å². The summed E-state index contributed by atoms with van der Waals surface area (Å²) < 4.78 is 0. The first-order valence-corrected chi connectivity index (χ1v) is 4.11. The summed E-state index contributed by atoms with van der Waals surface area (Å²) >= 11 is 0. The maximum Gasteiger partial charge on any atom is 0.0639 e. The van der Waals surface area contributed by atoms with Crippen LogP contribution in [0.1, 0.15) is 20.8 Å². The molecule has 0 aromatic rings. The minimum Gasteiger partial charge on any atom is -0.392 e. The van der Waals surface area contributed by atoms with Crippen molar-refractivity contribution in [3.05, 3.63) is 12.2 Å². The van der Waals surface area contributed by atoms with Crippen molar-refractivity contribution >= 4 is 0 Å². The zero-order valence-corrected chi connectivity index (χ0v) is 7.80. The highest BCUT2D eigenvalue weighted by molar-refractivity contribution is 4.91. The summed E-state index contributed by atoms with van der Waals surface area (Å²) in [4.78, 5) is 2.17. The first-order chi connectivity index (χ1) is 5.06. The molecular formula is C9H19NO. The van der Waals surface area contributed by atoms with Gasteiger partial charge in [-0.2, -0.15) is 0 Å². The molecular weight excluding hydrogens is 138 g/mol. The van der Waals surface area contributed by atoms with Crippen molar-refractivity contribution in [3.8, 4) is 0 Å². The zero-order chi connectivity index (χ0) is 8.85. The second-order valence-electron chi connectivity index (χ2n) is 3.13. The maximum absolute atomic E-state index is 9.10. The standard InChI is InChI=1S/C9H19NO/c1-5-10(6-8(2)3)7-9(4)11/h9,11H,2,5-7H2,1,3-4H3. The molecule has 0 spiro atoms. The van der Waals surface area contributed by atoms with Crippen LogP contribution in [0.5, 0.6) is 0 Å². The van der Waals surface area contributed by atoms with Crippen LogP contribution in [0.25, 0.3) is 0 Å². The van der Waals surface area contributed by atoms with Crippen LogP contribution in [0.2, 0.25) is 0 Å². The summed E-state index contributed by atoms with van der Waals surface area (Å²) in [6.45, 7) is 12.3. The van der Waals surface area contributed by atoms with E-state index in [2.05, 4.69) is 18.4 Å². The predicted molar refractivity (Wildman–Crippen MR) is 48.6 cm³/mol. The summed E-state index contributed by atoms with van der Waals surface area (Å²) in [7, 11) is 0. The minimum atomic E-state index is -0.241. The normalized spacial score (nSPS) is 13.5. The molecule has 0 heterocycles. The number of hydrogen-bond donors (Lipinski definition) is 1. The van der Waals surface area contributed by atoms with Crippen LogP contribution >= 0.6 is 0 Å². The largest absolute Gasteiger partial charge is 0.392 e. The van der Waals surface area contributed by atoms with Gasteiger partial charge in [-0.3, -0.25) is 4.90 Å². The first-order valence-electron chi connectivity index (χ1n) is 4.11. The van der Waals surface area contributed by atoms with Gasteiger partial charge in [0.05, 0.1) is 6.10 Å². The van der Waals surface area contributed by atoms with Crippen molar-refractivity contribution in [1.82, 2.24) is 4.90 Å². The van der Waals surface area contributed by atoms with E-state index in [1.165, 1.54) is 0 Å². The van der Waals surface area contributed by atoms with Gasteiger partial charge in [0.1, 0.15) is 0 Å². The monoisotopic (exact) mass is 157 g/mol. The molecule has 0 saturated carbocycles. The van der Waals surface area contributed by atoms with Gasteiger partial charge in [0.25, 0.3) is 0 Å². The summed E-state index contributed by atoms with van der Waals surface area (Å²) in [5, 5.41) is 9.10. The van der Waals surface area contributed by atoms with E-state index in [4.69, 9.17) is 5.11 Å². The van der Waals surface area contributed by atoms with E-state index in [-0.39, 0.29) is 6.10 Å². The van der Waals surface area contributed by atoms with E-state index in [0.717, 1.165) is 25.2 Å². The molecule has 11 heavy (non-hydrogen) atoms.